The predicted molar refractivity (Wildman–Crippen MR) is 116 cm³/mol. The Bertz CT molecular complexity index is 1150. The summed E-state index contributed by atoms with van der Waals surface area (Å²) < 4.78 is 29.6. The second-order valence-corrected chi connectivity index (χ2v) is 8.66. The molecule has 3 aromatic carbocycles. The molecule has 3 aromatic rings. The van der Waals surface area contributed by atoms with Crippen LogP contribution >= 0.6 is 23.2 Å². The third-order valence-electron chi connectivity index (χ3n) is 4.32. The van der Waals surface area contributed by atoms with Crippen LogP contribution in [0.1, 0.15) is 16.7 Å². The Hall–Kier alpha value is -2.54. The third-order valence-corrected chi connectivity index (χ3v) is 6.56. The fourth-order valence-electron chi connectivity index (χ4n) is 2.69. The normalized spacial score (nSPS) is 12.1. The quantitative estimate of drug-likeness (QED) is 0.453. The zero-order chi connectivity index (χ0) is 21.2. The molecule has 0 radical (unpaired) electrons. The van der Waals surface area contributed by atoms with Gasteiger partial charge in [0.2, 0.25) is 0 Å². The Morgan fingerprint density at radius 2 is 1.38 bits per heavy atom. The Labute approximate surface area is 179 Å². The lowest BCUT2D eigenvalue weighted by atomic mass is 10.1. The Morgan fingerprint density at radius 1 is 0.897 bits per heavy atom. The summed E-state index contributed by atoms with van der Waals surface area (Å²) in [7, 11) is -4.00. The van der Waals surface area contributed by atoms with E-state index in [0.717, 1.165) is 0 Å². The first kappa shape index (κ1) is 21.2. The average Bonchev–Trinajstić information content (AvgIpc) is 2.74. The van der Waals surface area contributed by atoms with Crippen LogP contribution in [0.4, 0.5) is 5.69 Å². The highest BCUT2D eigenvalue weighted by Crippen LogP contribution is 2.41. The van der Waals surface area contributed by atoms with Crippen LogP contribution in [0.3, 0.4) is 0 Å². The molecule has 150 valence electrons. The van der Waals surface area contributed by atoms with Crippen molar-refractivity contribution in [3.63, 3.8) is 0 Å². The highest BCUT2D eigenvalue weighted by Gasteiger charge is 2.19. The van der Waals surface area contributed by atoms with Crippen LogP contribution in [0.25, 0.3) is 0 Å². The van der Waals surface area contributed by atoms with E-state index in [0.29, 0.717) is 16.7 Å². The van der Waals surface area contributed by atoms with Crippen molar-refractivity contribution in [3.05, 3.63) is 87.4 Å². The minimum absolute atomic E-state index is 0.0377. The maximum absolute atomic E-state index is 12.8. The first-order valence-electron chi connectivity index (χ1n) is 8.60. The number of sulfonamides is 1. The summed E-state index contributed by atoms with van der Waals surface area (Å²) in [5.41, 5.74) is 1.37. The highest BCUT2D eigenvalue weighted by atomic mass is 35.5. The van der Waals surface area contributed by atoms with Gasteiger partial charge in [-0.3, -0.25) is 0 Å². The van der Waals surface area contributed by atoms with E-state index < -0.39 is 10.0 Å². The van der Waals surface area contributed by atoms with Crippen LogP contribution in [-0.4, -0.2) is 14.3 Å². The van der Waals surface area contributed by atoms with Crippen LogP contribution in [0.15, 0.2) is 70.0 Å². The van der Waals surface area contributed by atoms with Gasteiger partial charge in [-0.2, -0.15) is 8.42 Å². The molecule has 0 aliphatic rings. The second kappa shape index (κ2) is 8.45. The molecule has 0 amide bonds. The fraction of sp³-hybridized carbons (Fsp3) is 0.0952. The fourth-order valence-corrected chi connectivity index (χ4v) is 4.19. The Kier molecular flexibility index (Phi) is 6.17. The average molecular weight is 448 g/mol. The molecular weight excluding hydrogens is 431 g/mol. The lowest BCUT2D eigenvalue weighted by Gasteiger charge is -2.22. The molecule has 0 fully saturated rings. The van der Waals surface area contributed by atoms with Gasteiger partial charge >= 0.3 is 0 Å². The molecular formula is C21H17Cl2N2O3S-. The molecule has 8 heteroatoms. The van der Waals surface area contributed by atoms with Gasteiger partial charge in [0.15, 0.2) is 5.84 Å². The van der Waals surface area contributed by atoms with Gasteiger partial charge in [0, 0.05) is 5.56 Å². The third kappa shape index (κ3) is 4.40. The maximum atomic E-state index is 12.8. The number of nitrogens with one attached hydrogen (secondary N) is 1. The summed E-state index contributed by atoms with van der Waals surface area (Å²) in [5.74, 6) is -0.226. The summed E-state index contributed by atoms with van der Waals surface area (Å²) in [4.78, 5) is 0.0506. The lowest BCUT2D eigenvalue weighted by molar-refractivity contribution is -0.270. The molecule has 1 N–H and O–H groups in total. The predicted octanol–water partition coefficient (Wildman–Crippen LogP) is 4.93. The molecule has 3 rings (SSSR count). The largest absolute Gasteiger partial charge is 0.872 e. The number of anilines is 1. The van der Waals surface area contributed by atoms with Crippen LogP contribution < -0.4 is 10.4 Å². The number of hydrogen-bond donors (Lipinski definition) is 1. The second-order valence-electron chi connectivity index (χ2n) is 6.30. The van der Waals surface area contributed by atoms with E-state index in [2.05, 4.69) is 9.71 Å². The molecule has 0 bridgehead atoms. The summed E-state index contributed by atoms with van der Waals surface area (Å²) >= 11 is 12.7. The molecule has 0 heterocycles. The summed E-state index contributed by atoms with van der Waals surface area (Å²) in [6.45, 7) is 3.17. The maximum Gasteiger partial charge on any atom is 0.284 e. The number of benzene rings is 3. The highest BCUT2D eigenvalue weighted by molar-refractivity contribution is 7.90. The molecule has 0 aromatic heterocycles. The van der Waals surface area contributed by atoms with Crippen molar-refractivity contribution >= 4 is 44.7 Å². The number of hydrogen-bond acceptors (Lipinski definition) is 3. The van der Waals surface area contributed by atoms with E-state index in [9.17, 15) is 13.5 Å². The Morgan fingerprint density at radius 3 is 1.90 bits per heavy atom. The summed E-state index contributed by atoms with van der Waals surface area (Å²) in [5, 5.41) is 15.4. The minimum Gasteiger partial charge on any atom is -0.872 e. The van der Waals surface area contributed by atoms with Crippen molar-refractivity contribution < 1.29 is 13.5 Å². The molecule has 5 nitrogen and oxygen atoms in total. The van der Waals surface area contributed by atoms with E-state index >= 15 is 0 Å². The SMILES string of the molecule is Cc1c([O-])c(C)c(Cl)c(NC(=NS(=O)(=O)c2ccccc2)c2ccccc2)c1Cl. The van der Waals surface area contributed by atoms with E-state index in [1.165, 1.54) is 12.1 Å². The van der Waals surface area contributed by atoms with Crippen LogP contribution in [0, 0.1) is 13.8 Å². The molecule has 29 heavy (non-hydrogen) atoms. The van der Waals surface area contributed by atoms with Gasteiger partial charge in [-0.1, -0.05) is 77.5 Å². The van der Waals surface area contributed by atoms with E-state index in [4.69, 9.17) is 23.2 Å². The van der Waals surface area contributed by atoms with Crippen molar-refractivity contribution in [2.75, 3.05) is 5.32 Å². The lowest BCUT2D eigenvalue weighted by Crippen LogP contribution is -2.18. The van der Waals surface area contributed by atoms with Crippen molar-refractivity contribution in [1.29, 1.82) is 0 Å². The monoisotopic (exact) mass is 447 g/mol. The molecule has 0 atom stereocenters. The van der Waals surface area contributed by atoms with Crippen LogP contribution in [0.5, 0.6) is 5.75 Å². The molecule has 0 saturated heterocycles. The Balaban J connectivity index is 2.18. The van der Waals surface area contributed by atoms with Crippen molar-refractivity contribution in [2.45, 2.75) is 18.7 Å². The van der Waals surface area contributed by atoms with Gasteiger partial charge < -0.3 is 10.4 Å². The number of nitrogens with zero attached hydrogens (tertiary/aromatic N) is 1. The van der Waals surface area contributed by atoms with E-state index in [-0.39, 0.29) is 32.2 Å². The topological polar surface area (TPSA) is 81.6 Å². The van der Waals surface area contributed by atoms with Crippen molar-refractivity contribution in [3.8, 4) is 5.75 Å². The first-order valence-corrected chi connectivity index (χ1v) is 10.8. The zero-order valence-electron chi connectivity index (χ0n) is 15.6. The number of amidine groups is 1. The minimum atomic E-state index is -4.00. The molecule has 0 spiro atoms. The van der Waals surface area contributed by atoms with Crippen LogP contribution in [0.2, 0.25) is 10.0 Å². The van der Waals surface area contributed by atoms with Gasteiger partial charge in [0.25, 0.3) is 10.0 Å². The number of halogens is 2. The van der Waals surface area contributed by atoms with Crippen molar-refractivity contribution in [2.24, 2.45) is 4.40 Å². The summed E-state index contributed by atoms with van der Waals surface area (Å²) in [6, 6.07) is 16.6. The smallest absolute Gasteiger partial charge is 0.284 e. The summed E-state index contributed by atoms with van der Waals surface area (Å²) in [6.07, 6.45) is 0. The van der Waals surface area contributed by atoms with Gasteiger partial charge in [-0.25, -0.2) is 0 Å². The van der Waals surface area contributed by atoms with E-state index in [1.54, 1.807) is 62.4 Å². The van der Waals surface area contributed by atoms with Gasteiger partial charge in [-0.05, 0) is 37.1 Å². The number of rotatable bonds is 4. The molecule has 0 aliphatic carbocycles. The molecule has 0 aliphatic heterocycles. The standard InChI is InChI=1S/C21H18Cl2N2O3S/c1-13-17(22)19(18(23)14(2)20(13)26)24-21(15-9-5-3-6-10-15)25-29(27,28)16-11-7-4-8-12-16/h3-12,26H,1-2H3,(H,24,25)/p-1. The molecule has 0 unspecified atom stereocenters. The van der Waals surface area contributed by atoms with Gasteiger partial charge in [0.1, 0.15) is 0 Å². The van der Waals surface area contributed by atoms with E-state index in [1.807, 2.05) is 0 Å². The van der Waals surface area contributed by atoms with Gasteiger partial charge in [0.05, 0.1) is 20.6 Å². The van der Waals surface area contributed by atoms with Crippen LogP contribution in [-0.2, 0) is 10.0 Å². The molecule has 0 saturated carbocycles. The van der Waals surface area contributed by atoms with Gasteiger partial charge in [-0.15, -0.1) is 4.40 Å². The first-order chi connectivity index (χ1) is 13.7. The zero-order valence-corrected chi connectivity index (χ0v) is 17.9. The van der Waals surface area contributed by atoms with Crippen molar-refractivity contribution in [1.82, 2.24) is 0 Å².